The number of nitrogens with one attached hydrogen (secondary N) is 1. The summed E-state index contributed by atoms with van der Waals surface area (Å²) >= 11 is 0. The standard InChI is InChI=1S/C25H53NO/c1-4-6-7-8-9-10-11-12-13-14-15-16-17-18-19-20-21-26-23-25(27)22-24(3)5-2/h24-27H,4-23H2,1-3H3. The number of unbranched alkanes of at least 4 members (excludes halogenated alkanes) is 15. The topological polar surface area (TPSA) is 32.3 Å². The molecule has 0 radical (unpaired) electrons. The Kier molecular flexibility index (Phi) is 22.1. The number of hydrogen-bond acceptors (Lipinski definition) is 2. The van der Waals surface area contributed by atoms with E-state index in [-0.39, 0.29) is 6.10 Å². The van der Waals surface area contributed by atoms with Gasteiger partial charge in [0.25, 0.3) is 0 Å². The summed E-state index contributed by atoms with van der Waals surface area (Å²) in [6.45, 7) is 8.54. The van der Waals surface area contributed by atoms with Crippen molar-refractivity contribution in [2.75, 3.05) is 13.1 Å². The summed E-state index contributed by atoms with van der Waals surface area (Å²) in [5.41, 5.74) is 0. The summed E-state index contributed by atoms with van der Waals surface area (Å²) in [5, 5.41) is 13.3. The molecule has 164 valence electrons. The first-order valence-corrected chi connectivity index (χ1v) is 12.6. The molecule has 27 heavy (non-hydrogen) atoms. The summed E-state index contributed by atoms with van der Waals surface area (Å²) in [6.07, 6.45) is 24.7. The maximum Gasteiger partial charge on any atom is 0.0667 e. The van der Waals surface area contributed by atoms with Gasteiger partial charge in [-0.05, 0) is 25.3 Å². The maximum atomic E-state index is 9.92. The fourth-order valence-corrected chi connectivity index (χ4v) is 3.78. The largest absolute Gasteiger partial charge is 0.392 e. The second kappa shape index (κ2) is 22.2. The lowest BCUT2D eigenvalue weighted by molar-refractivity contribution is 0.142. The van der Waals surface area contributed by atoms with Crippen LogP contribution in [0.4, 0.5) is 0 Å². The summed E-state index contributed by atoms with van der Waals surface area (Å²) in [4.78, 5) is 0. The molecule has 0 saturated carbocycles. The van der Waals surface area contributed by atoms with Gasteiger partial charge < -0.3 is 10.4 Å². The Bertz CT molecular complexity index is 269. The van der Waals surface area contributed by atoms with Gasteiger partial charge >= 0.3 is 0 Å². The molecule has 0 amide bonds. The van der Waals surface area contributed by atoms with Crippen molar-refractivity contribution in [3.05, 3.63) is 0 Å². The Hall–Kier alpha value is -0.0800. The van der Waals surface area contributed by atoms with E-state index in [1.54, 1.807) is 0 Å². The molecule has 0 bridgehead atoms. The molecule has 0 saturated heterocycles. The van der Waals surface area contributed by atoms with Gasteiger partial charge in [0.2, 0.25) is 0 Å². The fraction of sp³-hybridized carbons (Fsp3) is 1.00. The molecule has 0 heterocycles. The molecular formula is C25H53NO. The normalized spacial score (nSPS) is 13.8. The van der Waals surface area contributed by atoms with E-state index in [9.17, 15) is 5.11 Å². The number of aliphatic hydroxyl groups excluding tert-OH is 1. The average molecular weight is 384 g/mol. The predicted molar refractivity (Wildman–Crippen MR) is 122 cm³/mol. The molecule has 2 nitrogen and oxygen atoms in total. The van der Waals surface area contributed by atoms with Gasteiger partial charge in [0, 0.05) is 6.54 Å². The molecule has 0 aromatic heterocycles. The van der Waals surface area contributed by atoms with Crippen LogP contribution in [0.15, 0.2) is 0 Å². The highest BCUT2D eigenvalue weighted by Crippen LogP contribution is 2.13. The minimum absolute atomic E-state index is 0.166. The molecule has 2 atom stereocenters. The van der Waals surface area contributed by atoms with Gasteiger partial charge in [0.1, 0.15) is 0 Å². The summed E-state index contributed by atoms with van der Waals surface area (Å²) in [5.74, 6) is 0.636. The third-order valence-electron chi connectivity index (χ3n) is 5.96. The lowest BCUT2D eigenvalue weighted by Crippen LogP contribution is -2.28. The highest BCUT2D eigenvalue weighted by molar-refractivity contribution is 4.63. The highest BCUT2D eigenvalue weighted by Gasteiger charge is 2.07. The van der Waals surface area contributed by atoms with Crippen molar-refractivity contribution in [1.29, 1.82) is 0 Å². The van der Waals surface area contributed by atoms with Gasteiger partial charge in [-0.15, -0.1) is 0 Å². The van der Waals surface area contributed by atoms with Crippen LogP contribution in [0.25, 0.3) is 0 Å². The summed E-state index contributed by atoms with van der Waals surface area (Å²) in [6, 6.07) is 0. The van der Waals surface area contributed by atoms with Crippen molar-refractivity contribution >= 4 is 0 Å². The Morgan fingerprint density at radius 2 is 1.04 bits per heavy atom. The molecule has 0 aliphatic heterocycles. The van der Waals surface area contributed by atoms with Gasteiger partial charge in [-0.1, -0.05) is 124 Å². The zero-order valence-electron chi connectivity index (χ0n) is 19.2. The van der Waals surface area contributed by atoms with E-state index in [0.29, 0.717) is 5.92 Å². The van der Waals surface area contributed by atoms with Crippen LogP contribution in [0.1, 0.15) is 136 Å². The fourth-order valence-electron chi connectivity index (χ4n) is 3.78. The second-order valence-corrected chi connectivity index (χ2v) is 8.91. The number of rotatable bonds is 22. The molecule has 0 aliphatic rings. The Morgan fingerprint density at radius 1 is 0.630 bits per heavy atom. The first kappa shape index (κ1) is 26.9. The Balaban J connectivity index is 3.09. The summed E-state index contributed by atoms with van der Waals surface area (Å²) < 4.78 is 0. The van der Waals surface area contributed by atoms with Crippen LogP contribution in [0.2, 0.25) is 0 Å². The zero-order valence-corrected chi connectivity index (χ0v) is 19.2. The molecule has 2 N–H and O–H groups in total. The van der Waals surface area contributed by atoms with Gasteiger partial charge in [-0.25, -0.2) is 0 Å². The molecule has 0 aromatic carbocycles. The van der Waals surface area contributed by atoms with Crippen LogP contribution < -0.4 is 5.32 Å². The zero-order chi connectivity index (χ0) is 20.0. The van der Waals surface area contributed by atoms with Crippen LogP contribution in [0.3, 0.4) is 0 Å². The maximum absolute atomic E-state index is 9.92. The number of hydrogen-bond donors (Lipinski definition) is 2. The van der Waals surface area contributed by atoms with Crippen molar-refractivity contribution in [1.82, 2.24) is 5.32 Å². The molecular weight excluding hydrogens is 330 g/mol. The van der Waals surface area contributed by atoms with Gasteiger partial charge in [0.05, 0.1) is 6.10 Å². The van der Waals surface area contributed by atoms with E-state index in [1.165, 1.54) is 103 Å². The third kappa shape index (κ3) is 22.1. The molecule has 0 spiro atoms. The SMILES string of the molecule is CCCCCCCCCCCCCCCCCCNCC(O)CC(C)CC. The van der Waals surface area contributed by atoms with E-state index < -0.39 is 0 Å². The summed E-state index contributed by atoms with van der Waals surface area (Å²) in [7, 11) is 0. The minimum atomic E-state index is -0.166. The van der Waals surface area contributed by atoms with Gasteiger partial charge in [-0.3, -0.25) is 0 Å². The monoisotopic (exact) mass is 383 g/mol. The third-order valence-corrected chi connectivity index (χ3v) is 5.96. The molecule has 2 heteroatoms. The highest BCUT2D eigenvalue weighted by atomic mass is 16.3. The average Bonchev–Trinajstić information content (AvgIpc) is 2.66. The lowest BCUT2D eigenvalue weighted by atomic mass is 10.0. The predicted octanol–water partition coefficient (Wildman–Crippen LogP) is 7.63. The van der Waals surface area contributed by atoms with E-state index in [2.05, 4.69) is 26.1 Å². The Morgan fingerprint density at radius 3 is 1.44 bits per heavy atom. The van der Waals surface area contributed by atoms with Gasteiger partial charge in [0.15, 0.2) is 0 Å². The van der Waals surface area contributed by atoms with Crippen molar-refractivity contribution in [3.8, 4) is 0 Å². The molecule has 0 rings (SSSR count). The van der Waals surface area contributed by atoms with Crippen molar-refractivity contribution in [2.45, 2.75) is 142 Å². The van der Waals surface area contributed by atoms with Crippen molar-refractivity contribution < 1.29 is 5.11 Å². The van der Waals surface area contributed by atoms with Crippen LogP contribution >= 0.6 is 0 Å². The molecule has 0 aromatic rings. The quantitative estimate of drug-likeness (QED) is 0.188. The van der Waals surface area contributed by atoms with E-state index in [4.69, 9.17) is 0 Å². The van der Waals surface area contributed by atoms with E-state index in [1.807, 2.05) is 0 Å². The Labute approximate surface area is 172 Å². The van der Waals surface area contributed by atoms with Crippen LogP contribution in [0.5, 0.6) is 0 Å². The first-order valence-electron chi connectivity index (χ1n) is 12.6. The van der Waals surface area contributed by atoms with Gasteiger partial charge in [-0.2, -0.15) is 0 Å². The smallest absolute Gasteiger partial charge is 0.0667 e. The van der Waals surface area contributed by atoms with Crippen molar-refractivity contribution in [3.63, 3.8) is 0 Å². The van der Waals surface area contributed by atoms with Crippen molar-refractivity contribution in [2.24, 2.45) is 5.92 Å². The second-order valence-electron chi connectivity index (χ2n) is 8.91. The van der Waals surface area contributed by atoms with Crippen LogP contribution in [-0.2, 0) is 0 Å². The van der Waals surface area contributed by atoms with E-state index >= 15 is 0 Å². The van der Waals surface area contributed by atoms with E-state index in [0.717, 1.165) is 25.9 Å². The first-order chi connectivity index (χ1) is 13.2. The number of aliphatic hydroxyl groups is 1. The van der Waals surface area contributed by atoms with Crippen LogP contribution in [-0.4, -0.2) is 24.3 Å². The lowest BCUT2D eigenvalue weighted by Gasteiger charge is -2.15. The molecule has 0 aliphatic carbocycles. The molecule has 2 unspecified atom stereocenters. The molecule has 0 fully saturated rings. The minimum Gasteiger partial charge on any atom is -0.392 e. The van der Waals surface area contributed by atoms with Crippen LogP contribution in [0, 0.1) is 5.92 Å².